The van der Waals surface area contributed by atoms with E-state index in [-0.39, 0.29) is 0 Å². The number of benzene rings is 1. The summed E-state index contributed by atoms with van der Waals surface area (Å²) < 4.78 is 5.57. The molecule has 1 unspecified atom stereocenters. The largest absolute Gasteiger partial charge is 0.492 e. The molecule has 90 valence electrons. The van der Waals surface area contributed by atoms with E-state index >= 15 is 0 Å². The van der Waals surface area contributed by atoms with Crippen molar-refractivity contribution in [3.05, 3.63) is 27.7 Å². The van der Waals surface area contributed by atoms with Crippen LogP contribution in [-0.4, -0.2) is 12.4 Å². The van der Waals surface area contributed by atoms with Crippen LogP contribution in [0.25, 0.3) is 0 Å². The SMILES string of the molecule is CCOc1c(Cl)cc(Cl)cc1C(C)CCS. The van der Waals surface area contributed by atoms with Crippen molar-refractivity contribution in [2.45, 2.75) is 26.2 Å². The van der Waals surface area contributed by atoms with Gasteiger partial charge in [-0.2, -0.15) is 12.6 Å². The lowest BCUT2D eigenvalue weighted by atomic mass is 9.97. The molecule has 0 saturated heterocycles. The van der Waals surface area contributed by atoms with E-state index in [0.29, 0.717) is 22.6 Å². The molecule has 0 saturated carbocycles. The van der Waals surface area contributed by atoms with E-state index in [2.05, 4.69) is 19.6 Å². The summed E-state index contributed by atoms with van der Waals surface area (Å²) in [7, 11) is 0. The second kappa shape index (κ2) is 6.63. The second-order valence-corrected chi connectivity index (χ2v) is 4.94. The van der Waals surface area contributed by atoms with Crippen LogP contribution in [0, 0.1) is 0 Å². The molecule has 0 aromatic heterocycles. The van der Waals surface area contributed by atoms with Crippen LogP contribution < -0.4 is 4.74 Å². The first-order valence-electron chi connectivity index (χ1n) is 5.32. The number of thiol groups is 1. The number of ether oxygens (including phenoxy) is 1. The van der Waals surface area contributed by atoms with Gasteiger partial charge in [-0.15, -0.1) is 0 Å². The molecule has 0 spiro atoms. The van der Waals surface area contributed by atoms with E-state index in [9.17, 15) is 0 Å². The molecule has 1 aromatic carbocycles. The standard InChI is InChI=1S/C12H16Cl2OS/c1-3-15-12-10(8(2)4-5-16)6-9(13)7-11(12)14/h6-8,16H,3-5H2,1-2H3. The van der Waals surface area contributed by atoms with Gasteiger partial charge in [0.05, 0.1) is 11.6 Å². The van der Waals surface area contributed by atoms with Gasteiger partial charge in [-0.3, -0.25) is 0 Å². The molecule has 1 nitrogen and oxygen atoms in total. The van der Waals surface area contributed by atoms with E-state index < -0.39 is 0 Å². The van der Waals surface area contributed by atoms with E-state index in [1.54, 1.807) is 6.07 Å². The van der Waals surface area contributed by atoms with Gasteiger partial charge in [-0.25, -0.2) is 0 Å². The van der Waals surface area contributed by atoms with Crippen LogP contribution >= 0.6 is 35.8 Å². The zero-order valence-electron chi connectivity index (χ0n) is 9.46. The Morgan fingerprint density at radius 1 is 1.38 bits per heavy atom. The molecule has 16 heavy (non-hydrogen) atoms. The van der Waals surface area contributed by atoms with Crippen molar-refractivity contribution in [2.24, 2.45) is 0 Å². The molecular weight excluding hydrogens is 263 g/mol. The first kappa shape index (κ1) is 14.0. The number of hydrogen-bond acceptors (Lipinski definition) is 2. The van der Waals surface area contributed by atoms with Gasteiger partial charge in [0, 0.05) is 10.6 Å². The van der Waals surface area contributed by atoms with Crippen molar-refractivity contribution < 1.29 is 4.74 Å². The highest BCUT2D eigenvalue weighted by atomic mass is 35.5. The Morgan fingerprint density at radius 2 is 2.06 bits per heavy atom. The molecule has 0 amide bonds. The zero-order valence-corrected chi connectivity index (χ0v) is 11.9. The predicted octanol–water partition coefficient (Wildman–Crippen LogP) is 4.82. The minimum atomic E-state index is 0.343. The van der Waals surface area contributed by atoms with Crippen LogP contribution in [0.4, 0.5) is 0 Å². The third-order valence-corrected chi connectivity index (χ3v) is 3.18. The highest BCUT2D eigenvalue weighted by Crippen LogP contribution is 2.37. The van der Waals surface area contributed by atoms with Crippen LogP contribution in [0.1, 0.15) is 31.7 Å². The van der Waals surface area contributed by atoms with Crippen LogP contribution in [-0.2, 0) is 0 Å². The Hall–Kier alpha value is -0.0500. The Kier molecular flexibility index (Phi) is 5.81. The van der Waals surface area contributed by atoms with Gasteiger partial charge >= 0.3 is 0 Å². The van der Waals surface area contributed by atoms with Crippen molar-refractivity contribution in [1.82, 2.24) is 0 Å². The minimum absolute atomic E-state index is 0.343. The first-order valence-corrected chi connectivity index (χ1v) is 6.71. The Labute approximate surface area is 112 Å². The average molecular weight is 279 g/mol. The second-order valence-electron chi connectivity index (χ2n) is 3.65. The fourth-order valence-corrected chi connectivity index (χ4v) is 2.54. The van der Waals surface area contributed by atoms with Crippen molar-refractivity contribution >= 4 is 35.8 Å². The quantitative estimate of drug-likeness (QED) is 0.760. The summed E-state index contributed by atoms with van der Waals surface area (Å²) in [6.07, 6.45) is 0.972. The van der Waals surface area contributed by atoms with E-state index in [1.165, 1.54) is 0 Å². The smallest absolute Gasteiger partial charge is 0.141 e. The maximum Gasteiger partial charge on any atom is 0.141 e. The van der Waals surface area contributed by atoms with Crippen molar-refractivity contribution in [2.75, 3.05) is 12.4 Å². The molecule has 0 radical (unpaired) electrons. The molecular formula is C12H16Cl2OS. The molecule has 4 heteroatoms. The predicted molar refractivity (Wildman–Crippen MR) is 74.5 cm³/mol. The third-order valence-electron chi connectivity index (χ3n) is 2.42. The molecule has 1 atom stereocenters. The van der Waals surface area contributed by atoms with Crippen molar-refractivity contribution in [1.29, 1.82) is 0 Å². The maximum absolute atomic E-state index is 6.13. The topological polar surface area (TPSA) is 9.23 Å². The lowest BCUT2D eigenvalue weighted by Crippen LogP contribution is -2.02. The highest BCUT2D eigenvalue weighted by molar-refractivity contribution is 7.80. The van der Waals surface area contributed by atoms with Crippen LogP contribution in [0.5, 0.6) is 5.75 Å². The Bertz CT molecular complexity index is 355. The third kappa shape index (κ3) is 3.47. The summed E-state index contributed by atoms with van der Waals surface area (Å²) in [5, 5.41) is 1.23. The molecule has 0 aliphatic carbocycles. The molecule has 0 aliphatic rings. The van der Waals surface area contributed by atoms with Crippen LogP contribution in [0.3, 0.4) is 0 Å². The molecule has 0 aliphatic heterocycles. The number of rotatable bonds is 5. The lowest BCUT2D eigenvalue weighted by molar-refractivity contribution is 0.334. The highest BCUT2D eigenvalue weighted by Gasteiger charge is 2.15. The summed E-state index contributed by atoms with van der Waals surface area (Å²) in [6, 6.07) is 3.64. The Balaban J connectivity index is 3.12. The number of halogens is 2. The lowest BCUT2D eigenvalue weighted by Gasteiger charge is -2.17. The molecule has 1 aromatic rings. The van der Waals surface area contributed by atoms with Crippen molar-refractivity contribution in [3.63, 3.8) is 0 Å². The zero-order chi connectivity index (χ0) is 12.1. The van der Waals surface area contributed by atoms with Gasteiger partial charge in [-0.1, -0.05) is 30.1 Å². The average Bonchev–Trinajstić information content (AvgIpc) is 2.22. The fraction of sp³-hybridized carbons (Fsp3) is 0.500. The summed E-state index contributed by atoms with van der Waals surface area (Å²) in [4.78, 5) is 0. The molecule has 0 bridgehead atoms. The van der Waals surface area contributed by atoms with Gasteiger partial charge in [-0.05, 0) is 37.1 Å². The number of hydrogen-bond donors (Lipinski definition) is 1. The minimum Gasteiger partial charge on any atom is -0.492 e. The van der Waals surface area contributed by atoms with E-state index in [0.717, 1.165) is 23.5 Å². The fourth-order valence-electron chi connectivity index (χ4n) is 1.59. The van der Waals surface area contributed by atoms with Gasteiger partial charge in [0.15, 0.2) is 0 Å². The maximum atomic E-state index is 6.13. The van der Waals surface area contributed by atoms with Gasteiger partial charge < -0.3 is 4.74 Å². The molecule has 0 heterocycles. The summed E-state index contributed by atoms with van der Waals surface area (Å²) >= 11 is 16.4. The first-order chi connectivity index (χ1) is 7.60. The van der Waals surface area contributed by atoms with Crippen LogP contribution in [0.2, 0.25) is 10.0 Å². The molecule has 0 N–H and O–H groups in total. The molecule has 0 fully saturated rings. The van der Waals surface area contributed by atoms with Gasteiger partial charge in [0.2, 0.25) is 0 Å². The normalized spacial score (nSPS) is 12.6. The van der Waals surface area contributed by atoms with E-state index in [4.69, 9.17) is 27.9 Å². The Morgan fingerprint density at radius 3 is 2.62 bits per heavy atom. The summed E-state index contributed by atoms with van der Waals surface area (Å²) in [6.45, 7) is 4.67. The van der Waals surface area contributed by atoms with Gasteiger partial charge in [0.25, 0.3) is 0 Å². The van der Waals surface area contributed by atoms with Crippen LogP contribution in [0.15, 0.2) is 12.1 Å². The van der Waals surface area contributed by atoms with E-state index in [1.807, 2.05) is 13.0 Å². The summed E-state index contributed by atoms with van der Waals surface area (Å²) in [5.41, 5.74) is 1.06. The molecule has 1 rings (SSSR count). The van der Waals surface area contributed by atoms with Gasteiger partial charge in [0.1, 0.15) is 5.75 Å². The summed E-state index contributed by atoms with van der Waals surface area (Å²) in [5.74, 6) is 1.93. The monoisotopic (exact) mass is 278 g/mol. The van der Waals surface area contributed by atoms with Crippen molar-refractivity contribution in [3.8, 4) is 5.75 Å².